The van der Waals surface area contributed by atoms with Crippen LogP contribution in [0.15, 0.2) is 53.4 Å². The predicted octanol–water partition coefficient (Wildman–Crippen LogP) is 5.39. The first-order valence-electron chi connectivity index (χ1n) is 11.0. The van der Waals surface area contributed by atoms with Gasteiger partial charge in [0.15, 0.2) is 0 Å². The van der Waals surface area contributed by atoms with Crippen LogP contribution in [0.25, 0.3) is 22.0 Å². The average Bonchev–Trinajstić information content (AvgIpc) is 3.32. The lowest BCUT2D eigenvalue weighted by Crippen LogP contribution is -2.31. The van der Waals surface area contributed by atoms with E-state index in [2.05, 4.69) is 83.6 Å². The summed E-state index contributed by atoms with van der Waals surface area (Å²) in [7, 11) is 2.16. The molecule has 4 rings (SSSR count). The topological polar surface area (TPSA) is 42.5 Å². The number of rotatable bonds is 8. The Bertz CT molecular complexity index is 983. The molecule has 3 aromatic rings. The van der Waals surface area contributed by atoms with Gasteiger partial charge in [-0.25, -0.2) is 4.31 Å². The Hall–Kier alpha value is -1.79. The van der Waals surface area contributed by atoms with Crippen LogP contribution in [0.3, 0.4) is 0 Å². The molecule has 2 heterocycles. The van der Waals surface area contributed by atoms with Crippen molar-refractivity contribution < 1.29 is 5.11 Å². The fourth-order valence-electron chi connectivity index (χ4n) is 4.45. The summed E-state index contributed by atoms with van der Waals surface area (Å²) in [5, 5.41) is 10.8. The number of aromatic nitrogens is 1. The summed E-state index contributed by atoms with van der Waals surface area (Å²) < 4.78 is 2.31. The standard InChI is InChI=1S/C25H33N3OS/c1-18(2)15-27(3)30-24-8-4-6-19(14-24)20-9-10-25-21(12-20)13-22(26-25)16-28-11-5-7-23(28)17-29/h4,6,8-10,12-14,18,23,26,29H,5,7,11,15-17H2,1-3H3/t23-/m1/s1. The third kappa shape index (κ3) is 5.09. The first-order chi connectivity index (χ1) is 14.5. The second kappa shape index (κ2) is 9.56. The van der Waals surface area contributed by atoms with Gasteiger partial charge in [0, 0.05) is 40.6 Å². The van der Waals surface area contributed by atoms with Gasteiger partial charge >= 0.3 is 0 Å². The summed E-state index contributed by atoms with van der Waals surface area (Å²) in [6.45, 7) is 7.78. The highest BCUT2D eigenvalue weighted by atomic mass is 32.2. The summed E-state index contributed by atoms with van der Waals surface area (Å²) >= 11 is 1.81. The minimum Gasteiger partial charge on any atom is -0.395 e. The van der Waals surface area contributed by atoms with Crippen LogP contribution in [-0.2, 0) is 6.54 Å². The largest absolute Gasteiger partial charge is 0.395 e. The van der Waals surface area contributed by atoms with E-state index in [4.69, 9.17) is 0 Å². The molecule has 1 aliphatic heterocycles. The first kappa shape index (κ1) is 21.4. The summed E-state index contributed by atoms with van der Waals surface area (Å²) in [5.41, 5.74) is 4.90. The number of benzene rings is 2. The Balaban J connectivity index is 1.51. The van der Waals surface area contributed by atoms with Crippen LogP contribution in [0.5, 0.6) is 0 Å². The van der Waals surface area contributed by atoms with Crippen molar-refractivity contribution in [2.45, 2.75) is 44.2 Å². The van der Waals surface area contributed by atoms with Crippen molar-refractivity contribution in [3.8, 4) is 11.1 Å². The zero-order valence-corrected chi connectivity index (χ0v) is 19.1. The quantitative estimate of drug-likeness (QED) is 0.477. The number of H-pyrrole nitrogens is 1. The summed E-state index contributed by atoms with van der Waals surface area (Å²) in [6.07, 6.45) is 2.28. The Morgan fingerprint density at radius 3 is 2.80 bits per heavy atom. The SMILES string of the molecule is CC(C)CN(C)Sc1cccc(-c2ccc3[nH]c(CN4CCC[C@@H]4CO)cc3c2)c1. The molecule has 0 unspecified atom stereocenters. The van der Waals surface area contributed by atoms with Gasteiger partial charge in [-0.1, -0.05) is 32.0 Å². The molecule has 0 bridgehead atoms. The Morgan fingerprint density at radius 1 is 1.17 bits per heavy atom. The highest BCUT2D eigenvalue weighted by Crippen LogP contribution is 2.30. The van der Waals surface area contributed by atoms with E-state index < -0.39 is 0 Å². The molecule has 4 nitrogen and oxygen atoms in total. The number of fused-ring (bicyclic) bond motifs is 1. The third-order valence-corrected chi connectivity index (χ3v) is 6.74. The first-order valence-corrected chi connectivity index (χ1v) is 11.8. The van der Waals surface area contributed by atoms with E-state index in [1.54, 1.807) is 0 Å². The molecule has 30 heavy (non-hydrogen) atoms. The normalized spacial score (nSPS) is 17.6. The molecule has 0 radical (unpaired) electrons. The number of aliphatic hydroxyl groups excluding tert-OH is 1. The third-order valence-electron chi connectivity index (χ3n) is 5.81. The Morgan fingerprint density at radius 2 is 2.00 bits per heavy atom. The number of aliphatic hydroxyl groups is 1. The van der Waals surface area contributed by atoms with Crippen molar-refractivity contribution in [2.75, 3.05) is 26.7 Å². The van der Waals surface area contributed by atoms with Crippen molar-refractivity contribution in [3.05, 3.63) is 54.2 Å². The number of nitrogens with zero attached hydrogens (tertiary/aromatic N) is 2. The van der Waals surface area contributed by atoms with Gasteiger partial charge in [-0.3, -0.25) is 4.90 Å². The summed E-state index contributed by atoms with van der Waals surface area (Å²) in [5.74, 6) is 0.657. The molecule has 0 saturated carbocycles. The lowest BCUT2D eigenvalue weighted by atomic mass is 10.0. The van der Waals surface area contributed by atoms with Crippen LogP contribution >= 0.6 is 11.9 Å². The molecule has 1 aliphatic rings. The minimum atomic E-state index is 0.255. The molecular formula is C25H33N3OS. The molecule has 2 aromatic carbocycles. The smallest absolute Gasteiger partial charge is 0.0587 e. The monoisotopic (exact) mass is 423 g/mol. The number of likely N-dealkylation sites (tertiary alicyclic amines) is 1. The van der Waals surface area contributed by atoms with E-state index in [-0.39, 0.29) is 6.61 Å². The average molecular weight is 424 g/mol. The maximum absolute atomic E-state index is 9.58. The van der Waals surface area contributed by atoms with E-state index in [1.165, 1.54) is 39.0 Å². The van der Waals surface area contributed by atoms with Crippen molar-refractivity contribution >= 4 is 22.9 Å². The van der Waals surface area contributed by atoms with E-state index in [9.17, 15) is 5.11 Å². The van der Waals surface area contributed by atoms with Gasteiger partial charge in [-0.2, -0.15) is 0 Å². The lowest BCUT2D eigenvalue weighted by molar-refractivity contribution is 0.152. The Labute approximate surface area is 184 Å². The van der Waals surface area contributed by atoms with Gasteiger partial charge in [0.2, 0.25) is 0 Å². The molecule has 0 spiro atoms. The fourth-order valence-corrected chi connectivity index (χ4v) is 5.50. The zero-order valence-electron chi connectivity index (χ0n) is 18.3. The van der Waals surface area contributed by atoms with Crippen LogP contribution < -0.4 is 0 Å². The van der Waals surface area contributed by atoms with E-state index in [0.29, 0.717) is 12.0 Å². The van der Waals surface area contributed by atoms with E-state index >= 15 is 0 Å². The van der Waals surface area contributed by atoms with Crippen LogP contribution in [-0.4, -0.2) is 52.1 Å². The number of hydrogen-bond acceptors (Lipinski definition) is 4. The van der Waals surface area contributed by atoms with Gasteiger partial charge in [0.05, 0.1) is 6.61 Å². The summed E-state index contributed by atoms with van der Waals surface area (Å²) in [6, 6.07) is 18.1. The molecule has 1 saturated heterocycles. The second-order valence-corrected chi connectivity index (χ2v) is 10.1. The highest BCUT2D eigenvalue weighted by molar-refractivity contribution is 7.97. The van der Waals surface area contributed by atoms with Gasteiger partial charge < -0.3 is 10.1 Å². The predicted molar refractivity (Wildman–Crippen MR) is 128 cm³/mol. The van der Waals surface area contributed by atoms with Crippen molar-refractivity contribution in [1.29, 1.82) is 0 Å². The molecule has 1 atom stereocenters. The Kier molecular flexibility index (Phi) is 6.84. The van der Waals surface area contributed by atoms with Crippen LogP contribution in [0.1, 0.15) is 32.4 Å². The van der Waals surface area contributed by atoms with Crippen molar-refractivity contribution in [2.24, 2.45) is 5.92 Å². The lowest BCUT2D eigenvalue weighted by Gasteiger charge is -2.21. The van der Waals surface area contributed by atoms with Crippen LogP contribution in [0, 0.1) is 5.92 Å². The molecular weight excluding hydrogens is 390 g/mol. The van der Waals surface area contributed by atoms with Gasteiger partial charge in [0.1, 0.15) is 0 Å². The van der Waals surface area contributed by atoms with Gasteiger partial charge in [-0.05, 0) is 85.8 Å². The molecule has 160 valence electrons. The fraction of sp³-hybridized carbons (Fsp3) is 0.440. The molecule has 2 N–H and O–H groups in total. The highest BCUT2D eigenvalue weighted by Gasteiger charge is 2.24. The zero-order chi connectivity index (χ0) is 21.1. The van der Waals surface area contributed by atoms with Crippen LogP contribution in [0.4, 0.5) is 0 Å². The number of nitrogens with one attached hydrogen (secondary N) is 1. The van der Waals surface area contributed by atoms with Gasteiger partial charge in [-0.15, -0.1) is 0 Å². The van der Waals surface area contributed by atoms with Crippen molar-refractivity contribution in [1.82, 2.24) is 14.2 Å². The minimum absolute atomic E-state index is 0.255. The number of hydrogen-bond donors (Lipinski definition) is 2. The van der Waals surface area contributed by atoms with E-state index in [1.807, 2.05) is 11.9 Å². The number of aromatic amines is 1. The van der Waals surface area contributed by atoms with Crippen molar-refractivity contribution in [3.63, 3.8) is 0 Å². The second-order valence-electron chi connectivity index (χ2n) is 8.87. The molecule has 0 aliphatic carbocycles. The maximum Gasteiger partial charge on any atom is 0.0587 e. The maximum atomic E-state index is 9.58. The molecule has 5 heteroatoms. The van der Waals surface area contributed by atoms with E-state index in [0.717, 1.165) is 26.1 Å². The molecule has 1 aromatic heterocycles. The summed E-state index contributed by atoms with van der Waals surface area (Å²) in [4.78, 5) is 7.23. The molecule has 0 amide bonds. The molecule has 1 fully saturated rings. The van der Waals surface area contributed by atoms with Gasteiger partial charge in [0.25, 0.3) is 0 Å². The van der Waals surface area contributed by atoms with Crippen LogP contribution in [0.2, 0.25) is 0 Å².